The van der Waals surface area contributed by atoms with E-state index in [0.29, 0.717) is 30.1 Å². The molecule has 0 spiro atoms. The summed E-state index contributed by atoms with van der Waals surface area (Å²) in [5.74, 6) is -1.84. The Morgan fingerprint density at radius 2 is 2.00 bits per heavy atom. The summed E-state index contributed by atoms with van der Waals surface area (Å²) in [4.78, 5) is 17.5. The van der Waals surface area contributed by atoms with Crippen LogP contribution in [0.1, 0.15) is 17.7 Å². The average molecular weight is 386 g/mol. The lowest BCUT2D eigenvalue weighted by atomic mass is 9.95. The Morgan fingerprint density at radius 1 is 1.31 bits per heavy atom. The van der Waals surface area contributed by atoms with E-state index in [0.717, 1.165) is 17.8 Å². The maximum atomic E-state index is 12.6. The van der Waals surface area contributed by atoms with Gasteiger partial charge >= 0.3 is 12.1 Å². The van der Waals surface area contributed by atoms with Crippen molar-refractivity contribution in [2.75, 3.05) is 13.1 Å². The van der Waals surface area contributed by atoms with E-state index in [4.69, 9.17) is 5.11 Å². The number of piperidine rings is 1. The zero-order chi connectivity index (χ0) is 18.9. The highest BCUT2D eigenvalue weighted by atomic mass is 32.1. The Balaban J connectivity index is 1.67. The lowest BCUT2D eigenvalue weighted by molar-refractivity contribution is -0.149. The number of halogens is 3. The van der Waals surface area contributed by atoms with Gasteiger partial charge in [-0.2, -0.15) is 13.2 Å². The first-order chi connectivity index (χ1) is 12.2. The second kappa shape index (κ2) is 7.34. The first-order valence-electron chi connectivity index (χ1n) is 7.99. The van der Waals surface area contributed by atoms with Crippen molar-refractivity contribution in [3.63, 3.8) is 0 Å². The molecule has 2 atom stereocenters. The van der Waals surface area contributed by atoms with Crippen LogP contribution >= 0.6 is 11.3 Å². The fourth-order valence-electron chi connectivity index (χ4n) is 2.94. The summed E-state index contributed by atoms with van der Waals surface area (Å²) in [7, 11) is 0. The summed E-state index contributed by atoms with van der Waals surface area (Å²) in [6.07, 6.45) is -4.83. The van der Waals surface area contributed by atoms with Crippen molar-refractivity contribution in [1.29, 1.82) is 0 Å². The van der Waals surface area contributed by atoms with Gasteiger partial charge in [0.2, 0.25) is 0 Å². The second-order valence-corrected chi connectivity index (χ2v) is 7.11. The van der Waals surface area contributed by atoms with Gasteiger partial charge in [0.25, 0.3) is 0 Å². The molecule has 9 heteroatoms. The highest BCUT2D eigenvalue weighted by Gasteiger charge is 2.33. The Bertz CT molecular complexity index is 776. The van der Waals surface area contributed by atoms with Crippen LogP contribution in [0.4, 0.5) is 13.2 Å². The lowest BCUT2D eigenvalue weighted by Gasteiger charge is -2.33. The summed E-state index contributed by atoms with van der Waals surface area (Å²) >= 11 is 1.33. The second-order valence-electron chi connectivity index (χ2n) is 6.25. The standard InChI is InChI=1S/C17H17F3N2O3S/c18-17(19,20)11-3-1-10(2-4-11)15-21-12(9-26-15)7-22-6-5-14(23)13(8-22)16(24)25/h1-4,9,13-14,23H,5-8H2,(H,24,25)/t13-,14+/m0/s1. The molecule has 26 heavy (non-hydrogen) atoms. The SMILES string of the molecule is O=C(O)[C@H]1CN(Cc2csc(-c3ccc(C(F)(F)F)cc3)n2)CC[C@H]1O. The molecule has 140 valence electrons. The summed E-state index contributed by atoms with van der Waals surface area (Å²) in [6, 6.07) is 4.84. The molecule has 3 rings (SSSR count). The molecule has 1 fully saturated rings. The van der Waals surface area contributed by atoms with Crippen molar-refractivity contribution in [1.82, 2.24) is 9.88 Å². The number of hydrogen-bond acceptors (Lipinski definition) is 5. The van der Waals surface area contributed by atoms with Crippen molar-refractivity contribution in [2.24, 2.45) is 5.92 Å². The number of alkyl halides is 3. The van der Waals surface area contributed by atoms with Crippen molar-refractivity contribution < 1.29 is 28.2 Å². The molecule has 2 N–H and O–H groups in total. The molecule has 2 heterocycles. The van der Waals surface area contributed by atoms with Crippen LogP contribution in [0.5, 0.6) is 0 Å². The number of benzene rings is 1. The predicted octanol–water partition coefficient (Wildman–Crippen LogP) is 3.10. The van der Waals surface area contributed by atoms with Gasteiger partial charge in [-0.15, -0.1) is 11.3 Å². The van der Waals surface area contributed by atoms with Crippen molar-refractivity contribution in [3.05, 3.63) is 40.9 Å². The van der Waals surface area contributed by atoms with E-state index in [1.807, 2.05) is 10.3 Å². The van der Waals surface area contributed by atoms with Crippen molar-refractivity contribution in [2.45, 2.75) is 25.2 Å². The van der Waals surface area contributed by atoms with E-state index in [-0.39, 0.29) is 6.54 Å². The number of aromatic nitrogens is 1. The van der Waals surface area contributed by atoms with Crippen LogP contribution in [0.3, 0.4) is 0 Å². The molecule has 0 radical (unpaired) electrons. The van der Waals surface area contributed by atoms with Crippen LogP contribution in [0.15, 0.2) is 29.6 Å². The van der Waals surface area contributed by atoms with E-state index in [2.05, 4.69) is 4.98 Å². The number of carboxylic acid groups (broad SMARTS) is 1. The number of carboxylic acids is 1. The Morgan fingerprint density at radius 3 is 2.62 bits per heavy atom. The largest absolute Gasteiger partial charge is 0.481 e. The first kappa shape index (κ1) is 18.8. The molecule has 5 nitrogen and oxygen atoms in total. The summed E-state index contributed by atoms with van der Waals surface area (Å²) in [5, 5.41) is 21.3. The molecule has 2 aromatic rings. The van der Waals surface area contributed by atoms with Crippen LogP contribution in [-0.2, 0) is 17.5 Å². The summed E-state index contributed by atoms with van der Waals surface area (Å²) in [6.45, 7) is 1.25. The zero-order valence-electron chi connectivity index (χ0n) is 13.6. The molecule has 1 aliphatic rings. The fourth-order valence-corrected chi connectivity index (χ4v) is 3.75. The van der Waals surface area contributed by atoms with Crippen LogP contribution in [0.2, 0.25) is 0 Å². The number of carbonyl (C=O) groups is 1. The van der Waals surface area contributed by atoms with Gasteiger partial charge in [0.05, 0.1) is 23.3 Å². The van der Waals surface area contributed by atoms with Crippen LogP contribution in [0, 0.1) is 5.92 Å². The molecule has 0 bridgehead atoms. The highest BCUT2D eigenvalue weighted by molar-refractivity contribution is 7.13. The molecule has 1 aliphatic heterocycles. The highest BCUT2D eigenvalue weighted by Crippen LogP contribution is 2.32. The molecule has 1 aromatic carbocycles. The number of aliphatic hydroxyl groups is 1. The monoisotopic (exact) mass is 386 g/mol. The number of nitrogens with zero attached hydrogens (tertiary/aromatic N) is 2. The van der Waals surface area contributed by atoms with Gasteiger partial charge in [0.1, 0.15) is 5.01 Å². The molecule has 0 saturated carbocycles. The van der Waals surface area contributed by atoms with Gasteiger partial charge < -0.3 is 10.2 Å². The minimum Gasteiger partial charge on any atom is -0.481 e. The number of thiazole rings is 1. The van der Waals surface area contributed by atoms with Gasteiger partial charge in [-0.1, -0.05) is 12.1 Å². The van der Waals surface area contributed by atoms with E-state index in [1.54, 1.807) is 0 Å². The van der Waals surface area contributed by atoms with Crippen molar-refractivity contribution in [3.8, 4) is 10.6 Å². The minimum absolute atomic E-state index is 0.240. The third kappa shape index (κ3) is 4.22. The normalized spacial score (nSPS) is 21.7. The predicted molar refractivity (Wildman–Crippen MR) is 89.6 cm³/mol. The van der Waals surface area contributed by atoms with Crippen LogP contribution in [0.25, 0.3) is 10.6 Å². The van der Waals surface area contributed by atoms with Gasteiger partial charge in [0, 0.05) is 30.6 Å². The van der Waals surface area contributed by atoms with Crippen LogP contribution in [-0.4, -0.2) is 45.3 Å². The number of rotatable bonds is 4. The van der Waals surface area contributed by atoms with E-state index < -0.39 is 29.7 Å². The van der Waals surface area contributed by atoms with Gasteiger partial charge in [0.15, 0.2) is 0 Å². The number of aliphatic hydroxyl groups excluding tert-OH is 1. The molecular weight excluding hydrogens is 369 g/mol. The number of hydrogen-bond donors (Lipinski definition) is 2. The molecule has 0 unspecified atom stereocenters. The van der Waals surface area contributed by atoms with E-state index in [9.17, 15) is 23.1 Å². The van der Waals surface area contributed by atoms with Crippen molar-refractivity contribution >= 4 is 17.3 Å². The smallest absolute Gasteiger partial charge is 0.416 e. The Hall–Kier alpha value is -1.97. The molecule has 1 aromatic heterocycles. The van der Waals surface area contributed by atoms with Gasteiger partial charge in [-0.3, -0.25) is 9.69 Å². The third-order valence-corrected chi connectivity index (χ3v) is 5.31. The topological polar surface area (TPSA) is 73.7 Å². The average Bonchev–Trinajstić information content (AvgIpc) is 3.04. The number of aliphatic carboxylic acids is 1. The van der Waals surface area contributed by atoms with Crippen LogP contribution < -0.4 is 0 Å². The third-order valence-electron chi connectivity index (χ3n) is 4.37. The summed E-state index contributed by atoms with van der Waals surface area (Å²) in [5.41, 5.74) is 0.627. The maximum absolute atomic E-state index is 12.6. The fraction of sp³-hybridized carbons (Fsp3) is 0.412. The Kier molecular flexibility index (Phi) is 5.31. The zero-order valence-corrected chi connectivity index (χ0v) is 14.4. The quantitative estimate of drug-likeness (QED) is 0.845. The van der Waals surface area contributed by atoms with E-state index >= 15 is 0 Å². The molecule has 1 saturated heterocycles. The first-order valence-corrected chi connectivity index (χ1v) is 8.87. The summed E-state index contributed by atoms with van der Waals surface area (Å²) < 4.78 is 37.9. The molecule has 0 amide bonds. The minimum atomic E-state index is -4.37. The van der Waals surface area contributed by atoms with Gasteiger partial charge in [-0.25, -0.2) is 4.98 Å². The molecular formula is C17H17F3N2O3S. The lowest BCUT2D eigenvalue weighted by Crippen LogP contribution is -2.46. The molecule has 0 aliphatic carbocycles. The maximum Gasteiger partial charge on any atom is 0.416 e. The van der Waals surface area contributed by atoms with E-state index in [1.165, 1.54) is 23.5 Å². The van der Waals surface area contributed by atoms with Gasteiger partial charge in [-0.05, 0) is 18.6 Å². The Labute approximate surface area is 151 Å². The number of likely N-dealkylation sites (tertiary alicyclic amines) is 1.